The first kappa shape index (κ1) is 13.3. The predicted octanol–water partition coefficient (Wildman–Crippen LogP) is 1.99. The van der Waals surface area contributed by atoms with E-state index in [0.29, 0.717) is 11.7 Å². The van der Waals surface area contributed by atoms with E-state index < -0.39 is 0 Å². The van der Waals surface area contributed by atoms with E-state index in [-0.39, 0.29) is 5.91 Å². The number of piperazine rings is 1. The molecule has 0 aromatic carbocycles. The summed E-state index contributed by atoms with van der Waals surface area (Å²) in [5.74, 6) is 0.0466. The van der Waals surface area contributed by atoms with Gasteiger partial charge in [-0.25, -0.2) is 0 Å². The topological polar surface area (TPSA) is 52.2 Å². The molecule has 1 unspecified atom stereocenters. The fourth-order valence-electron chi connectivity index (χ4n) is 2.58. The number of amides is 1. The van der Waals surface area contributed by atoms with Crippen LogP contribution in [0.5, 0.6) is 0 Å². The number of aromatic amines is 1. The molecule has 2 aromatic rings. The van der Waals surface area contributed by atoms with Gasteiger partial charge in [0.1, 0.15) is 5.69 Å². The number of hydrogen-bond acceptors (Lipinski definition) is 4. The van der Waals surface area contributed by atoms with E-state index in [4.69, 9.17) is 0 Å². The Morgan fingerprint density at radius 3 is 2.75 bits per heavy atom. The Balaban J connectivity index is 1.58. The van der Waals surface area contributed by atoms with Gasteiger partial charge in [0.15, 0.2) is 0 Å². The number of thiophene rings is 1. The summed E-state index contributed by atoms with van der Waals surface area (Å²) in [5, 5.41) is 10.9. The largest absolute Gasteiger partial charge is 0.335 e. The lowest BCUT2D eigenvalue weighted by Gasteiger charge is -2.37. The normalized spacial score (nSPS) is 18.1. The van der Waals surface area contributed by atoms with E-state index in [1.54, 1.807) is 23.6 Å². The van der Waals surface area contributed by atoms with Gasteiger partial charge in [-0.3, -0.25) is 14.8 Å². The van der Waals surface area contributed by atoms with Gasteiger partial charge in [-0.05, 0) is 35.4 Å². The van der Waals surface area contributed by atoms with Gasteiger partial charge in [-0.2, -0.15) is 16.4 Å². The Labute approximate surface area is 122 Å². The lowest BCUT2D eigenvalue weighted by Crippen LogP contribution is -2.49. The molecule has 20 heavy (non-hydrogen) atoms. The molecule has 106 valence electrons. The summed E-state index contributed by atoms with van der Waals surface area (Å²) in [5.41, 5.74) is 1.94. The summed E-state index contributed by atoms with van der Waals surface area (Å²) in [6, 6.07) is 4.32. The van der Waals surface area contributed by atoms with Crippen LogP contribution in [0.1, 0.15) is 29.0 Å². The number of rotatable bonds is 3. The van der Waals surface area contributed by atoms with Gasteiger partial charge in [0.25, 0.3) is 5.91 Å². The molecule has 5 nitrogen and oxygen atoms in total. The second-order valence-electron chi connectivity index (χ2n) is 5.03. The molecule has 6 heteroatoms. The van der Waals surface area contributed by atoms with E-state index in [1.807, 2.05) is 4.90 Å². The highest BCUT2D eigenvalue weighted by molar-refractivity contribution is 7.07. The molecule has 1 aliphatic heterocycles. The minimum atomic E-state index is 0.0466. The molecule has 3 rings (SSSR count). The molecule has 0 aliphatic carbocycles. The molecule has 0 saturated carbocycles. The minimum absolute atomic E-state index is 0.0466. The zero-order chi connectivity index (χ0) is 13.9. The lowest BCUT2D eigenvalue weighted by molar-refractivity contribution is 0.0577. The number of nitrogens with one attached hydrogen (secondary N) is 1. The van der Waals surface area contributed by atoms with Crippen LogP contribution >= 0.6 is 11.3 Å². The average Bonchev–Trinajstić information content (AvgIpc) is 3.18. The van der Waals surface area contributed by atoms with Crippen molar-refractivity contribution < 1.29 is 4.79 Å². The number of nitrogens with zero attached hydrogens (tertiary/aromatic N) is 3. The zero-order valence-electron chi connectivity index (χ0n) is 11.5. The van der Waals surface area contributed by atoms with Crippen molar-refractivity contribution in [3.63, 3.8) is 0 Å². The van der Waals surface area contributed by atoms with E-state index >= 15 is 0 Å². The van der Waals surface area contributed by atoms with Gasteiger partial charge in [-0.1, -0.05) is 0 Å². The van der Waals surface area contributed by atoms with Gasteiger partial charge in [0, 0.05) is 38.4 Å². The van der Waals surface area contributed by atoms with Crippen molar-refractivity contribution in [2.75, 3.05) is 26.2 Å². The predicted molar refractivity (Wildman–Crippen MR) is 78.8 cm³/mol. The van der Waals surface area contributed by atoms with Crippen molar-refractivity contribution in [1.29, 1.82) is 0 Å². The second kappa shape index (κ2) is 5.76. The molecular formula is C14H18N4OS. The zero-order valence-corrected chi connectivity index (χ0v) is 12.3. The third-order valence-corrected chi connectivity index (χ3v) is 4.61. The highest BCUT2D eigenvalue weighted by Gasteiger charge is 2.25. The number of hydrogen-bond donors (Lipinski definition) is 1. The Hall–Kier alpha value is -1.66. The average molecular weight is 290 g/mol. The first-order valence-corrected chi connectivity index (χ1v) is 7.75. The summed E-state index contributed by atoms with van der Waals surface area (Å²) >= 11 is 1.73. The SMILES string of the molecule is CC(c1ccsc1)N1CCN(C(=O)c2ccn[nH]2)CC1. The van der Waals surface area contributed by atoms with Crippen LogP contribution in [0.2, 0.25) is 0 Å². The van der Waals surface area contributed by atoms with Gasteiger partial charge in [0.2, 0.25) is 0 Å². The van der Waals surface area contributed by atoms with Gasteiger partial charge >= 0.3 is 0 Å². The first-order valence-electron chi connectivity index (χ1n) is 6.80. The van der Waals surface area contributed by atoms with E-state index in [1.165, 1.54) is 5.56 Å². The van der Waals surface area contributed by atoms with Crippen LogP contribution in [0.15, 0.2) is 29.1 Å². The third-order valence-electron chi connectivity index (χ3n) is 3.91. The Morgan fingerprint density at radius 2 is 2.15 bits per heavy atom. The molecule has 0 spiro atoms. The van der Waals surface area contributed by atoms with Crippen LogP contribution in [0.25, 0.3) is 0 Å². The van der Waals surface area contributed by atoms with Crippen molar-refractivity contribution >= 4 is 17.2 Å². The molecule has 1 atom stereocenters. The third kappa shape index (κ3) is 2.62. The van der Waals surface area contributed by atoms with E-state index in [0.717, 1.165) is 26.2 Å². The van der Waals surface area contributed by atoms with Crippen molar-refractivity contribution in [2.24, 2.45) is 0 Å². The second-order valence-corrected chi connectivity index (χ2v) is 5.81. The van der Waals surface area contributed by atoms with E-state index in [9.17, 15) is 4.79 Å². The Morgan fingerprint density at radius 1 is 1.35 bits per heavy atom. The summed E-state index contributed by atoms with van der Waals surface area (Å²) in [6.45, 7) is 5.60. The van der Waals surface area contributed by atoms with Crippen molar-refractivity contribution in [2.45, 2.75) is 13.0 Å². The molecule has 1 fully saturated rings. The molecule has 1 amide bonds. The monoisotopic (exact) mass is 290 g/mol. The Bertz CT molecular complexity index is 544. The molecule has 1 aliphatic rings. The maximum atomic E-state index is 12.2. The Kier molecular flexibility index (Phi) is 3.84. The van der Waals surface area contributed by atoms with Crippen LogP contribution in [0, 0.1) is 0 Å². The highest BCUT2D eigenvalue weighted by atomic mass is 32.1. The van der Waals surface area contributed by atoms with Crippen LogP contribution in [-0.4, -0.2) is 52.1 Å². The molecular weight excluding hydrogens is 272 g/mol. The lowest BCUT2D eigenvalue weighted by atomic mass is 10.1. The molecule has 3 heterocycles. The van der Waals surface area contributed by atoms with Crippen LogP contribution in [-0.2, 0) is 0 Å². The maximum Gasteiger partial charge on any atom is 0.271 e. The number of aromatic nitrogens is 2. The van der Waals surface area contributed by atoms with Gasteiger partial charge < -0.3 is 4.90 Å². The molecule has 0 radical (unpaired) electrons. The summed E-state index contributed by atoms with van der Waals surface area (Å²) in [6.07, 6.45) is 1.61. The minimum Gasteiger partial charge on any atom is -0.335 e. The standard InChI is InChI=1S/C14H18N4OS/c1-11(12-3-9-20-10-12)17-5-7-18(8-6-17)14(19)13-2-4-15-16-13/h2-4,9-11H,5-8H2,1H3,(H,15,16). The van der Waals surface area contributed by atoms with Crippen LogP contribution in [0.4, 0.5) is 0 Å². The number of carbonyl (C=O) groups excluding carboxylic acids is 1. The van der Waals surface area contributed by atoms with Crippen LogP contribution < -0.4 is 0 Å². The quantitative estimate of drug-likeness (QED) is 0.940. The fourth-order valence-corrected chi connectivity index (χ4v) is 3.33. The van der Waals surface area contributed by atoms with Gasteiger partial charge in [0.05, 0.1) is 0 Å². The van der Waals surface area contributed by atoms with Crippen molar-refractivity contribution in [3.05, 3.63) is 40.3 Å². The number of carbonyl (C=O) groups is 1. The summed E-state index contributed by atoms with van der Waals surface area (Å²) < 4.78 is 0. The molecule has 2 aromatic heterocycles. The van der Waals surface area contributed by atoms with Crippen molar-refractivity contribution in [3.8, 4) is 0 Å². The molecule has 1 N–H and O–H groups in total. The highest BCUT2D eigenvalue weighted by Crippen LogP contribution is 2.23. The fraction of sp³-hybridized carbons (Fsp3) is 0.429. The maximum absolute atomic E-state index is 12.2. The number of H-pyrrole nitrogens is 1. The van der Waals surface area contributed by atoms with Crippen LogP contribution in [0.3, 0.4) is 0 Å². The molecule has 0 bridgehead atoms. The van der Waals surface area contributed by atoms with Crippen molar-refractivity contribution in [1.82, 2.24) is 20.0 Å². The van der Waals surface area contributed by atoms with Gasteiger partial charge in [-0.15, -0.1) is 0 Å². The molecule has 1 saturated heterocycles. The summed E-state index contributed by atoms with van der Waals surface area (Å²) in [7, 11) is 0. The smallest absolute Gasteiger partial charge is 0.271 e. The van der Waals surface area contributed by atoms with E-state index in [2.05, 4.69) is 38.8 Å². The summed E-state index contributed by atoms with van der Waals surface area (Å²) in [4.78, 5) is 16.5. The first-order chi connectivity index (χ1) is 9.75.